The lowest BCUT2D eigenvalue weighted by Gasteiger charge is -2.24. The van der Waals surface area contributed by atoms with Crippen molar-refractivity contribution in [2.45, 2.75) is 18.9 Å². The Morgan fingerprint density at radius 1 is 1.52 bits per heavy atom. The highest BCUT2D eigenvalue weighted by Crippen LogP contribution is 2.28. The first-order chi connectivity index (χ1) is 10.2. The first-order valence-electron chi connectivity index (χ1n) is 7.18. The molecule has 1 unspecified atom stereocenters. The summed E-state index contributed by atoms with van der Waals surface area (Å²) < 4.78 is 10.7. The molecule has 0 spiro atoms. The van der Waals surface area contributed by atoms with Crippen molar-refractivity contribution in [2.24, 2.45) is 0 Å². The summed E-state index contributed by atoms with van der Waals surface area (Å²) in [5.74, 6) is 1.07. The maximum absolute atomic E-state index is 12.3. The minimum absolute atomic E-state index is 0.0859. The quantitative estimate of drug-likeness (QED) is 0.784. The number of methoxy groups -OCH3 is 1. The van der Waals surface area contributed by atoms with Crippen LogP contribution in [0, 0.1) is 0 Å². The van der Waals surface area contributed by atoms with Gasteiger partial charge in [-0.1, -0.05) is 12.7 Å². The van der Waals surface area contributed by atoms with E-state index in [1.54, 1.807) is 31.4 Å². The predicted molar refractivity (Wildman–Crippen MR) is 82.0 cm³/mol. The molecule has 2 N–H and O–H groups in total. The van der Waals surface area contributed by atoms with Gasteiger partial charge >= 0.3 is 0 Å². The fourth-order valence-electron chi connectivity index (χ4n) is 2.32. The molecule has 1 aromatic carbocycles. The van der Waals surface area contributed by atoms with Crippen LogP contribution in [0.15, 0.2) is 30.9 Å². The van der Waals surface area contributed by atoms with Crippen LogP contribution in [-0.4, -0.2) is 38.8 Å². The number of rotatable bonds is 6. The van der Waals surface area contributed by atoms with Crippen LogP contribution in [0.5, 0.6) is 11.5 Å². The van der Waals surface area contributed by atoms with Crippen LogP contribution >= 0.6 is 0 Å². The molecule has 1 heterocycles. The summed E-state index contributed by atoms with van der Waals surface area (Å²) >= 11 is 0. The second-order valence-electron chi connectivity index (χ2n) is 4.98. The zero-order chi connectivity index (χ0) is 15.1. The minimum atomic E-state index is -0.0859. The van der Waals surface area contributed by atoms with Gasteiger partial charge in [-0.3, -0.25) is 4.79 Å². The summed E-state index contributed by atoms with van der Waals surface area (Å²) in [6.07, 6.45) is 3.76. The van der Waals surface area contributed by atoms with Crippen LogP contribution in [0.4, 0.5) is 0 Å². The topological polar surface area (TPSA) is 59.6 Å². The summed E-state index contributed by atoms with van der Waals surface area (Å²) in [7, 11) is 1.56. The molecule has 1 aliphatic rings. The van der Waals surface area contributed by atoms with Gasteiger partial charge in [0.25, 0.3) is 5.91 Å². The summed E-state index contributed by atoms with van der Waals surface area (Å²) in [5, 5.41) is 6.31. The van der Waals surface area contributed by atoms with Gasteiger partial charge in [0.2, 0.25) is 0 Å². The number of nitrogens with one attached hydrogen (secondary N) is 2. The molecule has 1 aliphatic heterocycles. The SMILES string of the molecule is C=CCOc1ccc(C(=O)NC2CCCNC2)cc1OC. The van der Waals surface area contributed by atoms with Crippen LogP contribution in [0.25, 0.3) is 0 Å². The fourth-order valence-corrected chi connectivity index (χ4v) is 2.32. The van der Waals surface area contributed by atoms with Crippen molar-refractivity contribution in [2.75, 3.05) is 26.8 Å². The Morgan fingerprint density at radius 3 is 3.05 bits per heavy atom. The molecule has 114 valence electrons. The van der Waals surface area contributed by atoms with Gasteiger partial charge in [-0.15, -0.1) is 0 Å². The molecule has 1 atom stereocenters. The van der Waals surface area contributed by atoms with Crippen molar-refractivity contribution in [3.63, 3.8) is 0 Å². The molecule has 5 heteroatoms. The van der Waals surface area contributed by atoms with Gasteiger partial charge < -0.3 is 20.1 Å². The summed E-state index contributed by atoms with van der Waals surface area (Å²) in [6.45, 7) is 5.85. The van der Waals surface area contributed by atoms with Gasteiger partial charge in [-0.2, -0.15) is 0 Å². The van der Waals surface area contributed by atoms with Crippen LogP contribution in [0.2, 0.25) is 0 Å². The third-order valence-electron chi connectivity index (χ3n) is 3.41. The highest BCUT2D eigenvalue weighted by molar-refractivity contribution is 5.95. The molecule has 1 amide bonds. The maximum atomic E-state index is 12.3. The fraction of sp³-hybridized carbons (Fsp3) is 0.438. The van der Waals surface area contributed by atoms with E-state index in [2.05, 4.69) is 17.2 Å². The third-order valence-corrected chi connectivity index (χ3v) is 3.41. The lowest BCUT2D eigenvalue weighted by atomic mass is 10.1. The van der Waals surface area contributed by atoms with E-state index in [0.717, 1.165) is 25.9 Å². The van der Waals surface area contributed by atoms with Crippen LogP contribution < -0.4 is 20.1 Å². The minimum Gasteiger partial charge on any atom is -0.493 e. The largest absolute Gasteiger partial charge is 0.493 e. The molecule has 1 saturated heterocycles. The Kier molecular flexibility index (Phi) is 5.63. The number of amides is 1. The summed E-state index contributed by atoms with van der Waals surface area (Å²) in [4.78, 5) is 12.3. The number of hydrogen-bond donors (Lipinski definition) is 2. The number of carbonyl (C=O) groups is 1. The van der Waals surface area contributed by atoms with Crippen molar-refractivity contribution in [3.05, 3.63) is 36.4 Å². The molecule has 0 aliphatic carbocycles. The summed E-state index contributed by atoms with van der Waals surface area (Å²) in [6, 6.07) is 5.38. The lowest BCUT2D eigenvalue weighted by molar-refractivity contribution is 0.0930. The maximum Gasteiger partial charge on any atom is 0.251 e. The highest BCUT2D eigenvalue weighted by Gasteiger charge is 2.17. The molecule has 1 aromatic rings. The Labute approximate surface area is 125 Å². The standard InChI is InChI=1S/C16H22N2O3/c1-3-9-21-14-7-6-12(10-15(14)20-2)16(19)18-13-5-4-8-17-11-13/h3,6-7,10,13,17H,1,4-5,8-9,11H2,2H3,(H,18,19). The molecule has 2 rings (SSSR count). The Hall–Kier alpha value is -2.01. The normalized spacial score (nSPS) is 17.9. The molecular weight excluding hydrogens is 268 g/mol. The van der Waals surface area contributed by atoms with Crippen molar-refractivity contribution < 1.29 is 14.3 Å². The van der Waals surface area contributed by atoms with Gasteiger partial charge in [0.1, 0.15) is 6.61 Å². The van der Waals surface area contributed by atoms with Gasteiger partial charge in [-0.25, -0.2) is 0 Å². The molecule has 1 fully saturated rings. The number of ether oxygens (including phenoxy) is 2. The molecule has 0 aromatic heterocycles. The summed E-state index contributed by atoms with van der Waals surface area (Å²) in [5.41, 5.74) is 0.573. The van der Waals surface area contributed by atoms with Gasteiger partial charge in [-0.05, 0) is 37.6 Å². The number of benzene rings is 1. The second kappa shape index (κ2) is 7.69. The Bertz CT molecular complexity index is 496. The average molecular weight is 290 g/mol. The zero-order valence-electron chi connectivity index (χ0n) is 12.4. The van der Waals surface area contributed by atoms with E-state index in [1.165, 1.54) is 0 Å². The van der Waals surface area contributed by atoms with Gasteiger partial charge in [0.15, 0.2) is 11.5 Å². The van der Waals surface area contributed by atoms with E-state index in [4.69, 9.17) is 9.47 Å². The zero-order valence-corrected chi connectivity index (χ0v) is 12.4. The number of hydrogen-bond acceptors (Lipinski definition) is 4. The number of piperidine rings is 1. The van der Waals surface area contributed by atoms with Gasteiger partial charge in [0.05, 0.1) is 7.11 Å². The molecule has 0 bridgehead atoms. The number of carbonyl (C=O) groups excluding carboxylic acids is 1. The third kappa shape index (κ3) is 4.23. The van der Waals surface area contributed by atoms with E-state index in [-0.39, 0.29) is 11.9 Å². The van der Waals surface area contributed by atoms with Crippen molar-refractivity contribution in [1.82, 2.24) is 10.6 Å². The molecule has 5 nitrogen and oxygen atoms in total. The van der Waals surface area contributed by atoms with E-state index in [1.807, 2.05) is 0 Å². The lowest BCUT2D eigenvalue weighted by Crippen LogP contribution is -2.45. The smallest absolute Gasteiger partial charge is 0.251 e. The molecular formula is C16H22N2O3. The average Bonchev–Trinajstić information content (AvgIpc) is 2.53. The van der Waals surface area contributed by atoms with E-state index < -0.39 is 0 Å². The van der Waals surface area contributed by atoms with Crippen LogP contribution in [-0.2, 0) is 0 Å². The molecule has 21 heavy (non-hydrogen) atoms. The predicted octanol–water partition coefficient (Wildman–Crippen LogP) is 1.74. The first kappa shape index (κ1) is 15.4. The van der Waals surface area contributed by atoms with Crippen LogP contribution in [0.1, 0.15) is 23.2 Å². The van der Waals surface area contributed by atoms with Crippen molar-refractivity contribution >= 4 is 5.91 Å². The van der Waals surface area contributed by atoms with Crippen LogP contribution in [0.3, 0.4) is 0 Å². The van der Waals surface area contributed by atoms with E-state index in [0.29, 0.717) is 23.7 Å². The second-order valence-corrected chi connectivity index (χ2v) is 4.98. The first-order valence-corrected chi connectivity index (χ1v) is 7.18. The van der Waals surface area contributed by atoms with E-state index >= 15 is 0 Å². The van der Waals surface area contributed by atoms with E-state index in [9.17, 15) is 4.79 Å². The monoisotopic (exact) mass is 290 g/mol. The molecule has 0 radical (unpaired) electrons. The Morgan fingerprint density at radius 2 is 2.38 bits per heavy atom. The Balaban J connectivity index is 2.04. The van der Waals surface area contributed by atoms with Crippen molar-refractivity contribution in [3.8, 4) is 11.5 Å². The molecule has 0 saturated carbocycles. The van der Waals surface area contributed by atoms with Gasteiger partial charge in [0, 0.05) is 18.2 Å². The highest BCUT2D eigenvalue weighted by atomic mass is 16.5. The van der Waals surface area contributed by atoms with Crippen molar-refractivity contribution in [1.29, 1.82) is 0 Å².